The Labute approximate surface area is 78.6 Å². The van der Waals surface area contributed by atoms with Crippen LogP contribution in [-0.4, -0.2) is 18.0 Å². The molecule has 0 rings (SSSR count). The van der Waals surface area contributed by atoms with Crippen molar-refractivity contribution < 1.29 is 4.74 Å². The number of halogens is 1. The van der Waals surface area contributed by atoms with Crippen molar-refractivity contribution in [1.82, 2.24) is 0 Å². The monoisotopic (exact) mass is 222 g/mol. The van der Waals surface area contributed by atoms with Gasteiger partial charge in [0.2, 0.25) is 0 Å². The van der Waals surface area contributed by atoms with E-state index in [0.29, 0.717) is 10.9 Å². The van der Waals surface area contributed by atoms with E-state index in [1.807, 2.05) is 0 Å². The minimum absolute atomic E-state index is 0.409. The van der Waals surface area contributed by atoms with E-state index in [1.165, 1.54) is 19.3 Å². The lowest BCUT2D eigenvalue weighted by atomic mass is 10.1. The van der Waals surface area contributed by atoms with Crippen molar-refractivity contribution in [2.24, 2.45) is 0 Å². The van der Waals surface area contributed by atoms with Gasteiger partial charge in [-0.15, -0.1) is 0 Å². The van der Waals surface area contributed by atoms with Crippen LogP contribution >= 0.6 is 15.9 Å². The molecule has 0 aliphatic heterocycles. The maximum absolute atomic E-state index is 5.16. The lowest BCUT2D eigenvalue weighted by Crippen LogP contribution is -2.08. The Kier molecular flexibility index (Phi) is 7.39. The highest BCUT2D eigenvalue weighted by atomic mass is 79.9. The fraction of sp³-hybridized carbons (Fsp3) is 1.00. The highest BCUT2D eigenvalue weighted by molar-refractivity contribution is 9.09. The van der Waals surface area contributed by atoms with Crippen LogP contribution in [0.5, 0.6) is 0 Å². The third-order valence-electron chi connectivity index (χ3n) is 1.89. The maximum atomic E-state index is 5.16. The van der Waals surface area contributed by atoms with E-state index in [9.17, 15) is 0 Å². The summed E-state index contributed by atoms with van der Waals surface area (Å²) >= 11 is 3.64. The molecular formula is C9H19BrO. The number of hydrogen-bond donors (Lipinski definition) is 0. The van der Waals surface area contributed by atoms with Gasteiger partial charge < -0.3 is 4.74 Å². The van der Waals surface area contributed by atoms with Gasteiger partial charge in [-0.2, -0.15) is 0 Å². The number of rotatable bonds is 6. The Morgan fingerprint density at radius 1 is 1.27 bits per heavy atom. The quantitative estimate of drug-likeness (QED) is 0.627. The summed E-state index contributed by atoms with van der Waals surface area (Å²) in [6, 6.07) is 0. The summed E-state index contributed by atoms with van der Waals surface area (Å²) in [6.45, 7) is 4.33. The highest BCUT2D eigenvalue weighted by Gasteiger charge is 2.05. The number of ether oxygens (including phenoxy) is 1. The second-order valence-electron chi connectivity index (χ2n) is 3.01. The van der Waals surface area contributed by atoms with Crippen molar-refractivity contribution in [2.45, 2.75) is 50.5 Å². The average molecular weight is 223 g/mol. The molecule has 1 nitrogen and oxygen atoms in total. The minimum atomic E-state index is 0.409. The second-order valence-corrected chi connectivity index (χ2v) is 4.30. The molecular weight excluding hydrogens is 204 g/mol. The molecule has 0 aromatic heterocycles. The van der Waals surface area contributed by atoms with Crippen molar-refractivity contribution in [1.29, 1.82) is 0 Å². The molecule has 11 heavy (non-hydrogen) atoms. The van der Waals surface area contributed by atoms with E-state index in [0.717, 1.165) is 6.42 Å². The molecule has 2 atom stereocenters. The normalized spacial score (nSPS) is 16.4. The summed E-state index contributed by atoms with van der Waals surface area (Å²) in [5.41, 5.74) is 0. The Balaban J connectivity index is 3.22. The number of hydrogen-bond acceptors (Lipinski definition) is 1. The van der Waals surface area contributed by atoms with Crippen LogP contribution in [0.1, 0.15) is 39.5 Å². The third kappa shape index (κ3) is 6.82. The van der Waals surface area contributed by atoms with Gasteiger partial charge in [-0.25, -0.2) is 0 Å². The topological polar surface area (TPSA) is 9.23 Å². The summed E-state index contributed by atoms with van der Waals surface area (Å²) in [5, 5.41) is 0. The largest absolute Gasteiger partial charge is 0.382 e. The summed E-state index contributed by atoms with van der Waals surface area (Å²) in [4.78, 5) is 0.685. The molecule has 0 saturated heterocycles. The SMILES string of the molecule is CCCC(Br)CCC(C)OC. The first-order chi connectivity index (χ1) is 5.20. The molecule has 0 aromatic rings. The van der Waals surface area contributed by atoms with Crippen molar-refractivity contribution in [2.75, 3.05) is 7.11 Å². The van der Waals surface area contributed by atoms with Crippen LogP contribution in [0.15, 0.2) is 0 Å². The summed E-state index contributed by atoms with van der Waals surface area (Å²) in [6.07, 6.45) is 5.33. The molecule has 0 bridgehead atoms. The molecule has 0 spiro atoms. The molecule has 0 radical (unpaired) electrons. The van der Waals surface area contributed by atoms with Crippen LogP contribution in [0.2, 0.25) is 0 Å². The van der Waals surface area contributed by atoms with Gasteiger partial charge >= 0.3 is 0 Å². The van der Waals surface area contributed by atoms with E-state index >= 15 is 0 Å². The summed E-state index contributed by atoms with van der Waals surface area (Å²) in [5.74, 6) is 0. The molecule has 0 aliphatic carbocycles. The van der Waals surface area contributed by atoms with E-state index in [1.54, 1.807) is 7.11 Å². The lowest BCUT2D eigenvalue weighted by molar-refractivity contribution is 0.109. The van der Waals surface area contributed by atoms with Crippen LogP contribution in [0.25, 0.3) is 0 Å². The third-order valence-corrected chi connectivity index (χ3v) is 2.81. The zero-order valence-corrected chi connectivity index (χ0v) is 9.36. The smallest absolute Gasteiger partial charge is 0.0543 e. The fourth-order valence-electron chi connectivity index (χ4n) is 0.991. The van der Waals surface area contributed by atoms with Crippen LogP contribution in [0.4, 0.5) is 0 Å². The standard InChI is InChI=1S/C9H19BrO/c1-4-5-9(10)7-6-8(2)11-3/h8-9H,4-7H2,1-3H3. The second kappa shape index (κ2) is 7.11. The van der Waals surface area contributed by atoms with Gasteiger partial charge in [0.1, 0.15) is 0 Å². The molecule has 2 heteroatoms. The molecule has 0 amide bonds. The zero-order chi connectivity index (χ0) is 8.69. The summed E-state index contributed by atoms with van der Waals surface area (Å²) < 4.78 is 5.16. The van der Waals surface area contributed by atoms with E-state index in [4.69, 9.17) is 4.74 Å². The Morgan fingerprint density at radius 2 is 1.91 bits per heavy atom. The molecule has 0 aromatic carbocycles. The molecule has 0 aliphatic rings. The first-order valence-corrected chi connectivity index (χ1v) is 5.29. The average Bonchev–Trinajstić information content (AvgIpc) is 2.01. The predicted octanol–water partition coefficient (Wildman–Crippen LogP) is 3.37. The zero-order valence-electron chi connectivity index (χ0n) is 7.77. The van der Waals surface area contributed by atoms with Crippen molar-refractivity contribution in [3.63, 3.8) is 0 Å². The molecule has 0 saturated carbocycles. The van der Waals surface area contributed by atoms with E-state index in [2.05, 4.69) is 29.8 Å². The van der Waals surface area contributed by atoms with Gasteiger partial charge in [-0.1, -0.05) is 29.3 Å². The lowest BCUT2D eigenvalue weighted by Gasteiger charge is -2.12. The van der Waals surface area contributed by atoms with Crippen molar-refractivity contribution in [3.05, 3.63) is 0 Å². The van der Waals surface area contributed by atoms with Gasteiger partial charge in [0.05, 0.1) is 6.10 Å². The van der Waals surface area contributed by atoms with Crippen LogP contribution in [-0.2, 0) is 4.74 Å². The molecule has 0 heterocycles. The van der Waals surface area contributed by atoms with E-state index in [-0.39, 0.29) is 0 Å². The van der Waals surface area contributed by atoms with Gasteiger partial charge in [0.15, 0.2) is 0 Å². The Hall–Kier alpha value is 0.440. The summed E-state index contributed by atoms with van der Waals surface area (Å²) in [7, 11) is 1.77. The van der Waals surface area contributed by atoms with Crippen LogP contribution in [0, 0.1) is 0 Å². The Bertz CT molecular complexity index is 85.6. The Morgan fingerprint density at radius 3 is 2.36 bits per heavy atom. The first-order valence-electron chi connectivity index (χ1n) is 4.37. The van der Waals surface area contributed by atoms with Gasteiger partial charge in [0, 0.05) is 11.9 Å². The highest BCUT2D eigenvalue weighted by Crippen LogP contribution is 2.15. The molecule has 0 N–H and O–H groups in total. The van der Waals surface area contributed by atoms with Crippen LogP contribution < -0.4 is 0 Å². The van der Waals surface area contributed by atoms with E-state index < -0.39 is 0 Å². The number of methoxy groups -OCH3 is 1. The maximum Gasteiger partial charge on any atom is 0.0543 e. The van der Waals surface area contributed by atoms with Gasteiger partial charge in [-0.05, 0) is 26.2 Å². The fourth-order valence-corrected chi connectivity index (χ4v) is 1.71. The number of alkyl halides is 1. The molecule has 2 unspecified atom stereocenters. The van der Waals surface area contributed by atoms with Crippen molar-refractivity contribution >= 4 is 15.9 Å². The first kappa shape index (κ1) is 11.4. The predicted molar refractivity (Wildman–Crippen MR) is 53.3 cm³/mol. The molecule has 68 valence electrons. The van der Waals surface area contributed by atoms with Gasteiger partial charge in [0.25, 0.3) is 0 Å². The minimum Gasteiger partial charge on any atom is -0.382 e. The molecule has 0 fully saturated rings. The van der Waals surface area contributed by atoms with Crippen molar-refractivity contribution in [3.8, 4) is 0 Å². The van der Waals surface area contributed by atoms with Crippen LogP contribution in [0.3, 0.4) is 0 Å². The van der Waals surface area contributed by atoms with Gasteiger partial charge in [-0.3, -0.25) is 0 Å².